The van der Waals surface area contributed by atoms with Gasteiger partial charge in [0.25, 0.3) is 0 Å². The molecule has 0 radical (unpaired) electrons. The standard InChI is InChI=1S/C27H30N4OS2/c1-3-18-6-4-7-20-22(14-28-25(18)20)23(32)15-34-27-30-29-26(24-8-5-11-33-24)31(27)16(2)21-13-17-9-10-19(21)12-17/h4-8,11,14,16-17,19,21,28H,3,9-10,12-13,15H2,1-2H3/t16-,17+,19+,21-/m1/s1. The van der Waals surface area contributed by atoms with Gasteiger partial charge in [-0.15, -0.1) is 21.5 Å². The van der Waals surface area contributed by atoms with Crippen molar-refractivity contribution < 1.29 is 4.79 Å². The number of thioether (sulfide) groups is 1. The Morgan fingerprint density at radius 3 is 2.88 bits per heavy atom. The van der Waals surface area contributed by atoms with Gasteiger partial charge in [0, 0.05) is 28.7 Å². The topological polar surface area (TPSA) is 63.6 Å². The van der Waals surface area contributed by atoms with Crippen molar-refractivity contribution in [3.63, 3.8) is 0 Å². The number of aromatic nitrogens is 4. The number of nitrogens with zero attached hydrogens (tertiary/aromatic N) is 3. The van der Waals surface area contributed by atoms with E-state index in [1.165, 1.54) is 43.0 Å². The van der Waals surface area contributed by atoms with E-state index in [9.17, 15) is 4.79 Å². The van der Waals surface area contributed by atoms with Crippen LogP contribution in [0.25, 0.3) is 21.6 Å². The minimum Gasteiger partial charge on any atom is -0.360 e. The zero-order chi connectivity index (χ0) is 23.2. The first kappa shape index (κ1) is 22.1. The molecule has 0 spiro atoms. The fourth-order valence-corrected chi connectivity index (χ4v) is 7.95. The molecule has 7 heteroatoms. The molecule has 3 heterocycles. The summed E-state index contributed by atoms with van der Waals surface area (Å²) in [5, 5.41) is 13.2. The van der Waals surface area contributed by atoms with Gasteiger partial charge < -0.3 is 4.98 Å². The summed E-state index contributed by atoms with van der Waals surface area (Å²) in [5.74, 6) is 3.81. The van der Waals surface area contributed by atoms with Crippen molar-refractivity contribution in [2.45, 2.75) is 57.1 Å². The molecule has 176 valence electrons. The van der Waals surface area contributed by atoms with Gasteiger partial charge in [-0.1, -0.05) is 49.4 Å². The maximum absolute atomic E-state index is 13.3. The third kappa shape index (κ3) is 3.73. The maximum atomic E-state index is 13.3. The molecule has 0 saturated heterocycles. The summed E-state index contributed by atoms with van der Waals surface area (Å²) in [4.78, 5) is 17.7. The molecule has 0 amide bonds. The van der Waals surface area contributed by atoms with E-state index < -0.39 is 0 Å². The SMILES string of the molecule is CCc1cccc2c(C(=O)CSc3nnc(-c4cccs4)n3[C@H](C)[C@H]3C[C@H]4CC[C@H]3C4)c[nH]c12. The number of benzene rings is 1. The molecule has 2 fully saturated rings. The van der Waals surface area contributed by atoms with E-state index in [-0.39, 0.29) is 5.78 Å². The highest BCUT2D eigenvalue weighted by Crippen LogP contribution is 2.53. The quantitative estimate of drug-likeness (QED) is 0.213. The summed E-state index contributed by atoms with van der Waals surface area (Å²) in [6.07, 6.45) is 8.26. The number of thiophene rings is 1. The highest BCUT2D eigenvalue weighted by molar-refractivity contribution is 7.99. The first-order chi connectivity index (χ1) is 16.6. The van der Waals surface area contributed by atoms with Crippen LogP contribution < -0.4 is 0 Å². The molecule has 1 aromatic carbocycles. The second-order valence-corrected chi connectivity index (χ2v) is 11.7. The number of fused-ring (bicyclic) bond motifs is 3. The van der Waals surface area contributed by atoms with Crippen LogP contribution in [0.2, 0.25) is 0 Å². The zero-order valence-corrected chi connectivity index (χ0v) is 21.3. The van der Waals surface area contributed by atoms with Gasteiger partial charge in [-0.2, -0.15) is 0 Å². The Bertz CT molecular complexity index is 1320. The number of para-hydroxylation sites is 1. The third-order valence-corrected chi connectivity index (χ3v) is 9.85. The number of hydrogen-bond acceptors (Lipinski definition) is 5. The summed E-state index contributed by atoms with van der Waals surface area (Å²) in [6.45, 7) is 4.48. The van der Waals surface area contributed by atoms with Crippen LogP contribution >= 0.6 is 23.1 Å². The number of ketones is 1. The van der Waals surface area contributed by atoms with Crippen LogP contribution in [0.4, 0.5) is 0 Å². The molecule has 2 saturated carbocycles. The predicted molar refractivity (Wildman–Crippen MR) is 140 cm³/mol. The summed E-state index contributed by atoms with van der Waals surface area (Å²) >= 11 is 3.23. The van der Waals surface area contributed by atoms with E-state index in [0.29, 0.717) is 17.7 Å². The van der Waals surface area contributed by atoms with E-state index in [1.54, 1.807) is 11.3 Å². The van der Waals surface area contributed by atoms with Crippen molar-refractivity contribution in [2.75, 3.05) is 5.75 Å². The molecule has 3 aromatic heterocycles. The van der Waals surface area contributed by atoms with Crippen LogP contribution in [-0.2, 0) is 6.42 Å². The number of rotatable bonds is 8. The van der Waals surface area contributed by atoms with Crippen LogP contribution in [0.15, 0.2) is 47.1 Å². The first-order valence-electron chi connectivity index (χ1n) is 12.4. The van der Waals surface area contributed by atoms with Crippen molar-refractivity contribution in [1.82, 2.24) is 19.7 Å². The molecule has 0 unspecified atom stereocenters. The Balaban J connectivity index is 1.28. The normalized spacial score (nSPS) is 22.6. The molecule has 5 nitrogen and oxygen atoms in total. The number of aromatic amines is 1. The second kappa shape index (κ2) is 9.00. The van der Waals surface area contributed by atoms with Crippen LogP contribution in [0.3, 0.4) is 0 Å². The second-order valence-electron chi connectivity index (χ2n) is 9.84. The molecule has 2 aliphatic carbocycles. The van der Waals surface area contributed by atoms with Gasteiger partial charge in [0.15, 0.2) is 16.8 Å². The highest BCUT2D eigenvalue weighted by atomic mass is 32.2. The van der Waals surface area contributed by atoms with E-state index in [2.05, 4.69) is 57.2 Å². The van der Waals surface area contributed by atoms with Gasteiger partial charge in [-0.25, -0.2) is 0 Å². The van der Waals surface area contributed by atoms with Crippen LogP contribution in [0.1, 0.15) is 61.5 Å². The van der Waals surface area contributed by atoms with E-state index >= 15 is 0 Å². The van der Waals surface area contributed by atoms with E-state index in [4.69, 9.17) is 0 Å². The lowest BCUT2D eigenvalue weighted by Gasteiger charge is -2.30. The lowest BCUT2D eigenvalue weighted by molar-refractivity contribution is 0.102. The fraction of sp³-hybridized carbons (Fsp3) is 0.444. The average molecular weight is 491 g/mol. The molecule has 4 aromatic rings. The molecule has 2 aliphatic rings. The molecule has 6 rings (SSSR count). The van der Waals surface area contributed by atoms with Gasteiger partial charge in [0.05, 0.1) is 10.6 Å². The summed E-state index contributed by atoms with van der Waals surface area (Å²) in [6, 6.07) is 10.7. The van der Waals surface area contributed by atoms with Crippen LogP contribution in [-0.4, -0.2) is 31.3 Å². The maximum Gasteiger partial charge on any atom is 0.192 e. The zero-order valence-electron chi connectivity index (χ0n) is 19.7. The van der Waals surface area contributed by atoms with Crippen LogP contribution in [0.5, 0.6) is 0 Å². The summed E-state index contributed by atoms with van der Waals surface area (Å²) in [5.41, 5.74) is 3.08. The highest BCUT2D eigenvalue weighted by Gasteiger charge is 2.43. The van der Waals surface area contributed by atoms with Gasteiger partial charge >= 0.3 is 0 Å². The molecule has 1 N–H and O–H groups in total. The van der Waals surface area contributed by atoms with Gasteiger partial charge in [-0.3, -0.25) is 9.36 Å². The number of nitrogens with one attached hydrogen (secondary N) is 1. The monoisotopic (exact) mass is 490 g/mol. The van der Waals surface area contributed by atoms with Crippen molar-refractivity contribution >= 4 is 39.8 Å². The van der Waals surface area contributed by atoms with Gasteiger partial charge in [0.1, 0.15) is 0 Å². The number of aryl methyl sites for hydroxylation is 1. The Hall–Kier alpha value is -2.38. The van der Waals surface area contributed by atoms with Crippen LogP contribution in [0, 0.1) is 17.8 Å². The van der Waals surface area contributed by atoms with Crippen molar-refractivity contribution in [3.05, 3.63) is 53.0 Å². The molecular formula is C27H30N4OS2. The number of hydrogen-bond donors (Lipinski definition) is 1. The largest absolute Gasteiger partial charge is 0.360 e. The molecule has 2 bridgehead atoms. The fourth-order valence-electron chi connectivity index (χ4n) is 6.34. The average Bonchev–Trinajstić information content (AvgIpc) is 3.68. The Kier molecular flexibility index (Phi) is 5.86. The molecule has 4 atom stereocenters. The molecular weight excluding hydrogens is 460 g/mol. The minimum absolute atomic E-state index is 0.129. The summed E-state index contributed by atoms with van der Waals surface area (Å²) in [7, 11) is 0. The molecule has 0 aliphatic heterocycles. The van der Waals surface area contributed by atoms with Crippen molar-refractivity contribution in [3.8, 4) is 10.7 Å². The first-order valence-corrected chi connectivity index (χ1v) is 14.2. The van der Waals surface area contributed by atoms with E-state index in [0.717, 1.165) is 50.6 Å². The van der Waals surface area contributed by atoms with Gasteiger partial charge in [0.2, 0.25) is 0 Å². The lowest BCUT2D eigenvalue weighted by atomic mass is 9.84. The summed E-state index contributed by atoms with van der Waals surface area (Å²) < 4.78 is 2.33. The smallest absolute Gasteiger partial charge is 0.192 e. The minimum atomic E-state index is 0.129. The number of H-pyrrole nitrogens is 1. The van der Waals surface area contributed by atoms with Crippen molar-refractivity contribution in [2.24, 2.45) is 17.8 Å². The Morgan fingerprint density at radius 2 is 2.15 bits per heavy atom. The number of carbonyl (C=O) groups is 1. The van der Waals surface area contributed by atoms with Crippen molar-refractivity contribution in [1.29, 1.82) is 0 Å². The molecule has 34 heavy (non-hydrogen) atoms. The Morgan fingerprint density at radius 1 is 1.24 bits per heavy atom. The lowest BCUT2D eigenvalue weighted by Crippen LogP contribution is -2.23. The Labute approximate surface area is 208 Å². The number of carbonyl (C=O) groups excluding carboxylic acids is 1. The van der Waals surface area contributed by atoms with Gasteiger partial charge in [-0.05, 0) is 67.4 Å². The predicted octanol–water partition coefficient (Wildman–Crippen LogP) is 7.02. The number of Topliss-reactive ketones (excluding diaryl/α,β-unsaturated/α-hetero) is 1. The van der Waals surface area contributed by atoms with E-state index in [1.807, 2.05) is 18.3 Å². The third-order valence-electron chi connectivity index (χ3n) is 8.04.